The average Bonchev–Trinajstić information content (AvgIpc) is 2.92. The lowest BCUT2D eigenvalue weighted by molar-refractivity contribution is 0.275. The minimum Gasteiger partial charge on any atom is -0.396 e. The Morgan fingerprint density at radius 1 is 1.64 bits per heavy atom. The molecule has 1 aromatic heterocycles. The SMILES string of the molecule is Nc1c(Cl)ncnc1N[C@@H]1C[C@H]1CO. The monoisotopic (exact) mass is 214 g/mol. The zero-order valence-corrected chi connectivity index (χ0v) is 8.20. The average molecular weight is 215 g/mol. The topological polar surface area (TPSA) is 84.1 Å². The second-order valence-corrected chi connectivity index (χ2v) is 3.71. The van der Waals surface area contributed by atoms with Crippen molar-refractivity contribution in [3.63, 3.8) is 0 Å². The smallest absolute Gasteiger partial charge is 0.157 e. The summed E-state index contributed by atoms with van der Waals surface area (Å²) in [5, 5.41) is 12.2. The van der Waals surface area contributed by atoms with Gasteiger partial charge in [0.1, 0.15) is 12.0 Å². The standard InChI is InChI=1S/C8H11ClN4O/c9-7-6(10)8(12-3-11-7)13-5-1-4(5)2-14/h3-5,14H,1-2,10H2,(H,11,12,13)/t4-,5+/m0/s1. The molecular formula is C8H11ClN4O. The summed E-state index contributed by atoms with van der Waals surface area (Å²) in [6.45, 7) is 0.191. The molecule has 0 bridgehead atoms. The van der Waals surface area contributed by atoms with Gasteiger partial charge in [-0.1, -0.05) is 11.6 Å². The van der Waals surface area contributed by atoms with Gasteiger partial charge in [-0.15, -0.1) is 0 Å². The number of nitrogens with one attached hydrogen (secondary N) is 1. The molecule has 1 aromatic rings. The molecule has 14 heavy (non-hydrogen) atoms. The summed E-state index contributed by atoms with van der Waals surface area (Å²) < 4.78 is 0. The molecule has 1 saturated carbocycles. The molecule has 2 rings (SSSR count). The minimum absolute atomic E-state index is 0.191. The molecule has 76 valence electrons. The molecule has 0 aromatic carbocycles. The molecule has 1 fully saturated rings. The van der Waals surface area contributed by atoms with E-state index in [4.69, 9.17) is 22.4 Å². The van der Waals surface area contributed by atoms with Gasteiger partial charge < -0.3 is 16.2 Å². The summed E-state index contributed by atoms with van der Waals surface area (Å²) in [5.74, 6) is 0.856. The van der Waals surface area contributed by atoms with Gasteiger partial charge in [-0.25, -0.2) is 9.97 Å². The molecule has 1 aliphatic carbocycles. The Kier molecular flexibility index (Phi) is 2.43. The van der Waals surface area contributed by atoms with E-state index in [-0.39, 0.29) is 17.8 Å². The van der Waals surface area contributed by atoms with Crippen molar-refractivity contribution in [3.05, 3.63) is 11.5 Å². The fraction of sp³-hybridized carbons (Fsp3) is 0.500. The molecule has 5 nitrogen and oxygen atoms in total. The molecular weight excluding hydrogens is 204 g/mol. The summed E-state index contributed by atoms with van der Waals surface area (Å²) in [6.07, 6.45) is 2.30. The van der Waals surface area contributed by atoms with Gasteiger partial charge in [0.05, 0.1) is 0 Å². The molecule has 0 unspecified atom stereocenters. The Labute approximate surface area is 86.3 Å². The maximum absolute atomic E-state index is 8.85. The number of nitrogens with two attached hydrogens (primary N) is 1. The molecule has 0 aliphatic heterocycles. The van der Waals surface area contributed by atoms with Gasteiger partial charge in [0, 0.05) is 18.6 Å². The van der Waals surface area contributed by atoms with Crippen molar-refractivity contribution in [2.75, 3.05) is 17.7 Å². The number of anilines is 2. The van der Waals surface area contributed by atoms with Crippen LogP contribution in [0, 0.1) is 5.92 Å². The first-order valence-corrected chi connectivity index (χ1v) is 4.73. The lowest BCUT2D eigenvalue weighted by Crippen LogP contribution is -2.10. The van der Waals surface area contributed by atoms with Crippen LogP contribution >= 0.6 is 11.6 Å². The fourth-order valence-corrected chi connectivity index (χ4v) is 1.42. The third kappa shape index (κ3) is 1.73. The third-order valence-corrected chi connectivity index (χ3v) is 2.62. The van der Waals surface area contributed by atoms with Crippen molar-refractivity contribution in [1.29, 1.82) is 0 Å². The number of hydrogen-bond donors (Lipinski definition) is 3. The Balaban J connectivity index is 2.07. The van der Waals surface area contributed by atoms with Crippen molar-refractivity contribution in [2.45, 2.75) is 12.5 Å². The van der Waals surface area contributed by atoms with Crippen LogP contribution in [-0.2, 0) is 0 Å². The second kappa shape index (κ2) is 3.59. The van der Waals surface area contributed by atoms with Crippen molar-refractivity contribution >= 4 is 23.1 Å². The maximum Gasteiger partial charge on any atom is 0.157 e. The predicted octanol–water partition coefficient (Wildman–Crippen LogP) is 0.505. The Hall–Kier alpha value is -1.07. The predicted molar refractivity (Wildman–Crippen MR) is 54.1 cm³/mol. The lowest BCUT2D eigenvalue weighted by Gasteiger charge is -2.07. The zero-order valence-electron chi connectivity index (χ0n) is 7.44. The molecule has 0 saturated heterocycles. The number of aliphatic hydroxyl groups is 1. The highest BCUT2D eigenvalue weighted by Gasteiger charge is 2.36. The molecule has 0 spiro atoms. The van der Waals surface area contributed by atoms with Gasteiger partial charge in [0.25, 0.3) is 0 Å². The van der Waals surface area contributed by atoms with Gasteiger partial charge in [0.2, 0.25) is 0 Å². The van der Waals surface area contributed by atoms with Crippen molar-refractivity contribution in [1.82, 2.24) is 9.97 Å². The number of aromatic nitrogens is 2. The number of nitrogen functional groups attached to an aromatic ring is 1. The maximum atomic E-state index is 8.85. The first kappa shape index (κ1) is 9.48. The number of nitrogens with zero attached hydrogens (tertiary/aromatic N) is 2. The van der Waals surface area contributed by atoms with Gasteiger partial charge in [-0.2, -0.15) is 0 Å². The summed E-state index contributed by atoms with van der Waals surface area (Å²) in [4.78, 5) is 7.72. The Bertz CT molecular complexity index is 346. The molecule has 2 atom stereocenters. The van der Waals surface area contributed by atoms with Crippen LogP contribution in [0.1, 0.15) is 6.42 Å². The van der Waals surface area contributed by atoms with Crippen LogP contribution < -0.4 is 11.1 Å². The van der Waals surface area contributed by atoms with Crippen molar-refractivity contribution in [3.8, 4) is 0 Å². The number of halogens is 1. The highest BCUT2D eigenvalue weighted by Crippen LogP contribution is 2.34. The van der Waals surface area contributed by atoms with Gasteiger partial charge >= 0.3 is 0 Å². The summed E-state index contributed by atoms with van der Waals surface area (Å²) in [6, 6.07) is 0.258. The summed E-state index contributed by atoms with van der Waals surface area (Å²) in [7, 11) is 0. The highest BCUT2D eigenvalue weighted by molar-refractivity contribution is 6.32. The molecule has 4 N–H and O–H groups in total. The van der Waals surface area contributed by atoms with Crippen molar-refractivity contribution < 1.29 is 5.11 Å². The fourth-order valence-electron chi connectivity index (χ4n) is 1.29. The van der Waals surface area contributed by atoms with E-state index in [1.54, 1.807) is 0 Å². The van der Waals surface area contributed by atoms with E-state index in [0.29, 0.717) is 17.4 Å². The number of aliphatic hydroxyl groups excluding tert-OH is 1. The van der Waals surface area contributed by atoms with E-state index in [1.165, 1.54) is 6.33 Å². The first-order valence-electron chi connectivity index (χ1n) is 4.35. The van der Waals surface area contributed by atoms with Crippen LogP contribution in [0.5, 0.6) is 0 Å². The van der Waals surface area contributed by atoms with E-state index in [1.807, 2.05) is 0 Å². The Morgan fingerprint density at radius 2 is 2.43 bits per heavy atom. The molecule has 0 radical (unpaired) electrons. The molecule has 6 heteroatoms. The quantitative estimate of drug-likeness (QED) is 0.639. The third-order valence-electron chi connectivity index (χ3n) is 2.31. The van der Waals surface area contributed by atoms with Crippen LogP contribution in [0.15, 0.2) is 6.33 Å². The lowest BCUT2D eigenvalue weighted by atomic mass is 10.4. The summed E-state index contributed by atoms with van der Waals surface area (Å²) in [5.41, 5.74) is 6.02. The van der Waals surface area contributed by atoms with E-state index in [2.05, 4.69) is 15.3 Å². The zero-order chi connectivity index (χ0) is 10.1. The van der Waals surface area contributed by atoms with E-state index < -0.39 is 0 Å². The van der Waals surface area contributed by atoms with Gasteiger partial charge in [0.15, 0.2) is 11.0 Å². The minimum atomic E-state index is 0.191. The molecule has 1 aliphatic rings. The summed E-state index contributed by atoms with van der Waals surface area (Å²) >= 11 is 5.72. The highest BCUT2D eigenvalue weighted by atomic mass is 35.5. The van der Waals surface area contributed by atoms with Crippen LogP contribution in [0.2, 0.25) is 5.15 Å². The number of rotatable bonds is 3. The van der Waals surface area contributed by atoms with E-state index >= 15 is 0 Å². The van der Waals surface area contributed by atoms with Crippen LogP contribution in [0.25, 0.3) is 0 Å². The van der Waals surface area contributed by atoms with Crippen molar-refractivity contribution in [2.24, 2.45) is 5.92 Å². The van der Waals surface area contributed by atoms with Crippen LogP contribution in [-0.4, -0.2) is 27.7 Å². The normalized spacial score (nSPS) is 24.7. The van der Waals surface area contributed by atoms with Gasteiger partial charge in [-0.3, -0.25) is 0 Å². The largest absolute Gasteiger partial charge is 0.396 e. The number of hydrogen-bond acceptors (Lipinski definition) is 5. The van der Waals surface area contributed by atoms with Crippen LogP contribution in [0.3, 0.4) is 0 Å². The van der Waals surface area contributed by atoms with E-state index in [0.717, 1.165) is 6.42 Å². The van der Waals surface area contributed by atoms with Gasteiger partial charge in [-0.05, 0) is 6.42 Å². The van der Waals surface area contributed by atoms with Crippen LogP contribution in [0.4, 0.5) is 11.5 Å². The van der Waals surface area contributed by atoms with E-state index in [9.17, 15) is 0 Å². The first-order chi connectivity index (χ1) is 6.72. The Morgan fingerprint density at radius 3 is 3.07 bits per heavy atom. The molecule has 1 heterocycles. The second-order valence-electron chi connectivity index (χ2n) is 3.36. The molecule has 0 amide bonds.